The molecule has 20 heavy (non-hydrogen) atoms. The van der Waals surface area contributed by atoms with Crippen LogP contribution in [0, 0.1) is 5.82 Å². The average molecular weight is 271 g/mol. The fourth-order valence-corrected chi connectivity index (χ4v) is 1.71. The van der Waals surface area contributed by atoms with Crippen LogP contribution in [0.4, 0.5) is 10.3 Å². The van der Waals surface area contributed by atoms with E-state index in [4.69, 9.17) is 10.6 Å². The minimum absolute atomic E-state index is 0.0697. The number of halogens is 1. The molecule has 3 rings (SSSR count). The maximum absolute atomic E-state index is 13.6. The lowest BCUT2D eigenvalue weighted by Crippen LogP contribution is -2.11. The van der Waals surface area contributed by atoms with Crippen LogP contribution in [0.1, 0.15) is 0 Å². The van der Waals surface area contributed by atoms with Crippen LogP contribution < -0.4 is 16.0 Å². The average Bonchev–Trinajstić information content (AvgIpc) is 2.49. The molecule has 0 bridgehead atoms. The highest BCUT2D eigenvalue weighted by atomic mass is 19.1. The molecular formula is C13H10FN5O. The molecule has 3 N–H and O–H groups in total. The summed E-state index contributed by atoms with van der Waals surface area (Å²) in [5.74, 6) is 4.79. The molecule has 100 valence electrons. The molecule has 0 atom stereocenters. The Kier molecular flexibility index (Phi) is 3.10. The molecule has 0 spiro atoms. The molecule has 0 amide bonds. The Balaban J connectivity index is 1.96. The monoisotopic (exact) mass is 271 g/mol. The van der Waals surface area contributed by atoms with Crippen LogP contribution in [0.25, 0.3) is 10.9 Å². The molecule has 0 aliphatic carbocycles. The number of rotatable bonds is 3. The SMILES string of the molecule is NNc1ncc(F)c(Oc2ccc3cccnc3c2)n1. The van der Waals surface area contributed by atoms with Crippen molar-refractivity contribution in [2.45, 2.75) is 0 Å². The number of ether oxygens (including phenoxy) is 1. The highest BCUT2D eigenvalue weighted by molar-refractivity contribution is 5.79. The molecular weight excluding hydrogens is 261 g/mol. The Labute approximate surface area is 113 Å². The predicted octanol–water partition coefficient (Wildman–Crippen LogP) is 2.24. The van der Waals surface area contributed by atoms with Gasteiger partial charge in [0, 0.05) is 17.6 Å². The Bertz CT molecular complexity index is 765. The number of pyridine rings is 1. The van der Waals surface area contributed by atoms with Crippen molar-refractivity contribution in [2.24, 2.45) is 5.84 Å². The molecule has 2 aromatic heterocycles. The van der Waals surface area contributed by atoms with Crippen LogP contribution in [0.2, 0.25) is 0 Å². The van der Waals surface area contributed by atoms with E-state index in [1.807, 2.05) is 18.2 Å². The zero-order valence-corrected chi connectivity index (χ0v) is 10.2. The summed E-state index contributed by atoms with van der Waals surface area (Å²) in [6, 6.07) is 9.01. The van der Waals surface area contributed by atoms with E-state index in [2.05, 4.69) is 20.4 Å². The summed E-state index contributed by atoms with van der Waals surface area (Å²) in [5.41, 5.74) is 2.98. The first-order chi connectivity index (χ1) is 9.76. The fraction of sp³-hybridized carbons (Fsp3) is 0. The second-order valence-corrected chi connectivity index (χ2v) is 3.95. The van der Waals surface area contributed by atoms with Gasteiger partial charge in [0.2, 0.25) is 11.8 Å². The van der Waals surface area contributed by atoms with E-state index < -0.39 is 5.82 Å². The first-order valence-electron chi connectivity index (χ1n) is 5.78. The molecule has 0 saturated carbocycles. The Morgan fingerprint density at radius 2 is 2.10 bits per heavy atom. The standard InChI is InChI=1S/C13H10FN5O/c14-10-7-17-13(19-15)18-12(10)20-9-4-3-8-2-1-5-16-11(8)6-9/h1-7H,15H2,(H,17,18,19). The molecule has 0 unspecified atom stereocenters. The maximum atomic E-state index is 13.6. The lowest BCUT2D eigenvalue weighted by atomic mass is 10.2. The van der Waals surface area contributed by atoms with E-state index in [-0.39, 0.29) is 11.8 Å². The number of nitrogens with two attached hydrogens (primary N) is 1. The molecule has 7 heteroatoms. The Morgan fingerprint density at radius 3 is 2.95 bits per heavy atom. The van der Waals surface area contributed by atoms with Gasteiger partial charge >= 0.3 is 0 Å². The number of nitrogens with one attached hydrogen (secondary N) is 1. The van der Waals surface area contributed by atoms with Crippen molar-refractivity contribution in [3.63, 3.8) is 0 Å². The largest absolute Gasteiger partial charge is 0.436 e. The van der Waals surface area contributed by atoms with E-state index in [9.17, 15) is 4.39 Å². The molecule has 6 nitrogen and oxygen atoms in total. The van der Waals surface area contributed by atoms with Crippen molar-refractivity contribution >= 4 is 16.9 Å². The molecule has 0 aliphatic heterocycles. The minimum Gasteiger partial charge on any atom is -0.436 e. The summed E-state index contributed by atoms with van der Waals surface area (Å²) < 4.78 is 19.0. The number of fused-ring (bicyclic) bond motifs is 1. The zero-order valence-electron chi connectivity index (χ0n) is 10.2. The van der Waals surface area contributed by atoms with Crippen molar-refractivity contribution in [1.82, 2.24) is 15.0 Å². The molecule has 2 heterocycles. The highest BCUT2D eigenvalue weighted by Gasteiger charge is 2.09. The first kappa shape index (κ1) is 12.2. The van der Waals surface area contributed by atoms with Crippen LogP contribution in [0.3, 0.4) is 0 Å². The van der Waals surface area contributed by atoms with Crippen LogP contribution in [0.5, 0.6) is 11.6 Å². The molecule has 0 fully saturated rings. The summed E-state index contributed by atoms with van der Waals surface area (Å²) in [6.07, 6.45) is 2.66. The van der Waals surface area contributed by atoms with Gasteiger partial charge in [-0.15, -0.1) is 0 Å². The van der Waals surface area contributed by atoms with Gasteiger partial charge < -0.3 is 4.74 Å². The van der Waals surface area contributed by atoms with Gasteiger partial charge in [-0.3, -0.25) is 10.4 Å². The Morgan fingerprint density at radius 1 is 1.20 bits per heavy atom. The van der Waals surface area contributed by atoms with Crippen molar-refractivity contribution in [3.05, 3.63) is 48.5 Å². The second-order valence-electron chi connectivity index (χ2n) is 3.95. The number of benzene rings is 1. The summed E-state index contributed by atoms with van der Waals surface area (Å²) in [7, 11) is 0. The smallest absolute Gasteiger partial charge is 0.260 e. The molecule has 1 aromatic carbocycles. The van der Waals surface area contributed by atoms with Gasteiger partial charge in [-0.1, -0.05) is 6.07 Å². The van der Waals surface area contributed by atoms with Crippen LogP contribution in [-0.4, -0.2) is 15.0 Å². The second kappa shape index (κ2) is 5.06. The number of hydrogen-bond acceptors (Lipinski definition) is 6. The van der Waals surface area contributed by atoms with Gasteiger partial charge in [0.25, 0.3) is 5.88 Å². The summed E-state index contributed by atoms with van der Waals surface area (Å²) in [6.45, 7) is 0. The summed E-state index contributed by atoms with van der Waals surface area (Å²) in [4.78, 5) is 11.6. The predicted molar refractivity (Wildman–Crippen MR) is 71.6 cm³/mol. The highest BCUT2D eigenvalue weighted by Crippen LogP contribution is 2.25. The number of hydrazine groups is 1. The summed E-state index contributed by atoms with van der Waals surface area (Å²) in [5, 5.41) is 0.965. The fourth-order valence-electron chi connectivity index (χ4n) is 1.71. The lowest BCUT2D eigenvalue weighted by Gasteiger charge is -2.07. The number of hydrogen-bond donors (Lipinski definition) is 2. The van der Waals surface area contributed by atoms with E-state index in [0.29, 0.717) is 5.75 Å². The molecule has 3 aromatic rings. The van der Waals surface area contributed by atoms with Gasteiger partial charge in [-0.2, -0.15) is 9.37 Å². The topological polar surface area (TPSA) is 86.0 Å². The van der Waals surface area contributed by atoms with Gasteiger partial charge in [-0.05, 0) is 18.2 Å². The van der Waals surface area contributed by atoms with Crippen LogP contribution in [-0.2, 0) is 0 Å². The third-order valence-corrected chi connectivity index (χ3v) is 2.63. The number of aromatic nitrogens is 3. The number of anilines is 1. The van der Waals surface area contributed by atoms with Crippen LogP contribution in [0.15, 0.2) is 42.7 Å². The first-order valence-corrected chi connectivity index (χ1v) is 5.78. The van der Waals surface area contributed by atoms with E-state index in [1.165, 1.54) is 0 Å². The number of nitrogens with zero attached hydrogens (tertiary/aromatic N) is 3. The van der Waals surface area contributed by atoms with Crippen molar-refractivity contribution in [2.75, 3.05) is 5.43 Å². The third kappa shape index (κ3) is 2.34. The molecule has 0 aliphatic rings. The minimum atomic E-state index is -0.676. The van der Waals surface area contributed by atoms with E-state index in [0.717, 1.165) is 17.1 Å². The maximum Gasteiger partial charge on any atom is 0.260 e. The van der Waals surface area contributed by atoms with Crippen LogP contribution >= 0.6 is 0 Å². The molecule has 0 radical (unpaired) electrons. The zero-order chi connectivity index (χ0) is 13.9. The van der Waals surface area contributed by atoms with E-state index >= 15 is 0 Å². The quantitative estimate of drug-likeness (QED) is 0.561. The molecule has 0 saturated heterocycles. The normalized spacial score (nSPS) is 10.5. The summed E-state index contributed by atoms with van der Waals surface area (Å²) >= 11 is 0. The van der Waals surface area contributed by atoms with Gasteiger partial charge in [0.1, 0.15) is 5.75 Å². The van der Waals surface area contributed by atoms with Crippen molar-refractivity contribution < 1.29 is 9.13 Å². The third-order valence-electron chi connectivity index (χ3n) is 2.63. The van der Waals surface area contributed by atoms with Gasteiger partial charge in [-0.25, -0.2) is 10.8 Å². The van der Waals surface area contributed by atoms with Crippen molar-refractivity contribution in [1.29, 1.82) is 0 Å². The van der Waals surface area contributed by atoms with Gasteiger partial charge in [0.15, 0.2) is 0 Å². The van der Waals surface area contributed by atoms with E-state index in [1.54, 1.807) is 18.3 Å². The van der Waals surface area contributed by atoms with Gasteiger partial charge in [0.05, 0.1) is 11.7 Å². The Hall–Kier alpha value is -2.80. The lowest BCUT2D eigenvalue weighted by molar-refractivity contribution is 0.421. The van der Waals surface area contributed by atoms with Crippen molar-refractivity contribution in [3.8, 4) is 11.6 Å². The number of nitrogen functional groups attached to an aromatic ring is 1.